The maximum absolute atomic E-state index is 4.74. The molecular formula is C16H17N5. The van der Waals surface area contributed by atoms with Crippen LogP contribution in [0.25, 0.3) is 16.9 Å². The Hall–Kier alpha value is -2.27. The summed E-state index contributed by atoms with van der Waals surface area (Å²) in [4.78, 5) is 8.61. The predicted molar refractivity (Wildman–Crippen MR) is 81.1 cm³/mol. The smallest absolute Gasteiger partial charge is 0.155 e. The van der Waals surface area contributed by atoms with Crippen molar-refractivity contribution in [2.45, 2.75) is 18.8 Å². The lowest BCUT2D eigenvalue weighted by molar-refractivity contribution is 0.448. The number of hydrogen-bond donors (Lipinski definition) is 1. The highest BCUT2D eigenvalue weighted by molar-refractivity contribution is 5.63. The van der Waals surface area contributed by atoms with E-state index in [4.69, 9.17) is 5.10 Å². The number of rotatable bonds is 2. The molecule has 4 heterocycles. The summed E-state index contributed by atoms with van der Waals surface area (Å²) in [6.07, 6.45) is 7.91. The Morgan fingerprint density at radius 3 is 3.05 bits per heavy atom. The second-order valence-electron chi connectivity index (χ2n) is 5.45. The van der Waals surface area contributed by atoms with Gasteiger partial charge in [0.2, 0.25) is 0 Å². The Bertz CT molecular complexity index is 744. The van der Waals surface area contributed by atoms with Crippen LogP contribution in [0, 0.1) is 0 Å². The van der Waals surface area contributed by atoms with Gasteiger partial charge >= 0.3 is 0 Å². The van der Waals surface area contributed by atoms with Crippen LogP contribution in [0.15, 0.2) is 42.9 Å². The zero-order chi connectivity index (χ0) is 14.1. The van der Waals surface area contributed by atoms with Crippen molar-refractivity contribution in [3.8, 4) is 11.3 Å². The Balaban J connectivity index is 1.80. The predicted octanol–water partition coefficient (Wildman–Crippen LogP) is 2.26. The average molecular weight is 279 g/mol. The minimum Gasteiger partial charge on any atom is -0.316 e. The molecule has 5 nitrogen and oxygen atoms in total. The van der Waals surface area contributed by atoms with Gasteiger partial charge in [-0.1, -0.05) is 0 Å². The fourth-order valence-corrected chi connectivity index (χ4v) is 2.98. The van der Waals surface area contributed by atoms with Crippen molar-refractivity contribution in [1.82, 2.24) is 24.9 Å². The maximum atomic E-state index is 4.74. The minimum absolute atomic E-state index is 0.505. The number of nitrogens with zero attached hydrogens (tertiary/aromatic N) is 4. The lowest BCUT2D eigenvalue weighted by atomic mass is 9.96. The number of pyridine rings is 1. The summed E-state index contributed by atoms with van der Waals surface area (Å²) in [7, 11) is 0. The van der Waals surface area contributed by atoms with E-state index in [2.05, 4.69) is 21.4 Å². The molecular weight excluding hydrogens is 262 g/mol. The molecule has 1 aliphatic rings. The quantitative estimate of drug-likeness (QED) is 0.782. The molecule has 1 N–H and O–H groups in total. The summed E-state index contributed by atoms with van der Waals surface area (Å²) in [6.45, 7) is 2.13. The van der Waals surface area contributed by atoms with Crippen molar-refractivity contribution in [3.05, 3.63) is 48.5 Å². The molecule has 1 saturated heterocycles. The molecule has 1 atom stereocenters. The first-order valence-corrected chi connectivity index (χ1v) is 7.37. The Labute approximate surface area is 123 Å². The van der Waals surface area contributed by atoms with Gasteiger partial charge in [0.25, 0.3) is 0 Å². The third-order valence-electron chi connectivity index (χ3n) is 4.06. The fourth-order valence-electron chi connectivity index (χ4n) is 2.98. The van der Waals surface area contributed by atoms with E-state index in [-0.39, 0.29) is 0 Å². The first-order valence-electron chi connectivity index (χ1n) is 7.37. The number of fused-ring (bicyclic) bond motifs is 1. The third kappa shape index (κ3) is 2.29. The first kappa shape index (κ1) is 12.5. The fraction of sp³-hybridized carbons (Fsp3) is 0.312. The summed E-state index contributed by atoms with van der Waals surface area (Å²) in [6, 6.07) is 8.07. The van der Waals surface area contributed by atoms with Crippen molar-refractivity contribution in [2.24, 2.45) is 0 Å². The molecule has 3 aromatic heterocycles. The van der Waals surface area contributed by atoms with Gasteiger partial charge in [-0.25, -0.2) is 9.50 Å². The van der Waals surface area contributed by atoms with E-state index in [1.807, 2.05) is 35.1 Å². The normalized spacial score (nSPS) is 19.0. The van der Waals surface area contributed by atoms with E-state index in [0.29, 0.717) is 5.92 Å². The zero-order valence-electron chi connectivity index (χ0n) is 11.7. The van der Waals surface area contributed by atoms with E-state index >= 15 is 0 Å². The summed E-state index contributed by atoms with van der Waals surface area (Å²) in [5.41, 5.74) is 4.09. The highest BCUT2D eigenvalue weighted by Gasteiger charge is 2.19. The molecule has 0 spiro atoms. The van der Waals surface area contributed by atoms with Crippen LogP contribution in [0.2, 0.25) is 0 Å². The average Bonchev–Trinajstić information content (AvgIpc) is 3.00. The van der Waals surface area contributed by atoms with Crippen LogP contribution in [0.1, 0.15) is 24.5 Å². The van der Waals surface area contributed by atoms with Gasteiger partial charge in [-0.05, 0) is 37.6 Å². The standard InChI is InChI=1S/C16H17N5/c1-3-12(10-17-6-1)14-9-16-19-8-5-15(21(16)20-14)13-4-2-7-18-11-13/h1,3,5-6,8-10,13,18H,2,4,7,11H2. The van der Waals surface area contributed by atoms with Crippen LogP contribution in [0.4, 0.5) is 0 Å². The molecule has 21 heavy (non-hydrogen) atoms. The number of piperidine rings is 1. The van der Waals surface area contributed by atoms with Gasteiger partial charge in [0.05, 0.1) is 11.4 Å². The SMILES string of the molecule is c1cncc(-c2cc3nccc(C4CCCNC4)n3n2)c1. The topological polar surface area (TPSA) is 55.1 Å². The van der Waals surface area contributed by atoms with E-state index in [0.717, 1.165) is 30.0 Å². The van der Waals surface area contributed by atoms with Crippen molar-refractivity contribution in [1.29, 1.82) is 0 Å². The molecule has 0 saturated carbocycles. The van der Waals surface area contributed by atoms with Crippen molar-refractivity contribution in [2.75, 3.05) is 13.1 Å². The monoisotopic (exact) mass is 279 g/mol. The van der Waals surface area contributed by atoms with Crippen LogP contribution >= 0.6 is 0 Å². The minimum atomic E-state index is 0.505. The van der Waals surface area contributed by atoms with Crippen LogP contribution in [-0.4, -0.2) is 32.7 Å². The van der Waals surface area contributed by atoms with Gasteiger partial charge in [0.1, 0.15) is 0 Å². The van der Waals surface area contributed by atoms with Crippen LogP contribution in [0.5, 0.6) is 0 Å². The number of aromatic nitrogens is 4. The van der Waals surface area contributed by atoms with E-state index < -0.39 is 0 Å². The lowest BCUT2D eigenvalue weighted by Crippen LogP contribution is -2.29. The molecule has 0 aliphatic carbocycles. The second-order valence-corrected chi connectivity index (χ2v) is 5.45. The molecule has 0 bridgehead atoms. The Morgan fingerprint density at radius 2 is 2.24 bits per heavy atom. The van der Waals surface area contributed by atoms with Gasteiger partial charge in [-0.3, -0.25) is 4.98 Å². The largest absolute Gasteiger partial charge is 0.316 e. The molecule has 1 fully saturated rings. The first-order chi connectivity index (χ1) is 10.4. The molecule has 0 aromatic carbocycles. The summed E-state index contributed by atoms with van der Waals surface area (Å²) >= 11 is 0. The molecule has 0 amide bonds. The van der Waals surface area contributed by atoms with Gasteiger partial charge < -0.3 is 5.32 Å². The number of nitrogens with one attached hydrogen (secondary N) is 1. The van der Waals surface area contributed by atoms with E-state index in [9.17, 15) is 0 Å². The lowest BCUT2D eigenvalue weighted by Gasteiger charge is -2.23. The molecule has 0 radical (unpaired) electrons. The molecule has 1 unspecified atom stereocenters. The van der Waals surface area contributed by atoms with Crippen LogP contribution in [0.3, 0.4) is 0 Å². The molecule has 106 valence electrons. The Morgan fingerprint density at radius 1 is 1.24 bits per heavy atom. The molecule has 4 rings (SSSR count). The van der Waals surface area contributed by atoms with Gasteiger partial charge in [-0.2, -0.15) is 5.10 Å². The van der Waals surface area contributed by atoms with Crippen LogP contribution < -0.4 is 5.32 Å². The Kier molecular flexibility index (Phi) is 3.12. The van der Waals surface area contributed by atoms with Crippen molar-refractivity contribution >= 4 is 5.65 Å². The summed E-state index contributed by atoms with van der Waals surface area (Å²) < 4.78 is 1.99. The summed E-state index contributed by atoms with van der Waals surface area (Å²) in [5.74, 6) is 0.505. The second kappa shape index (κ2) is 5.26. The molecule has 1 aliphatic heterocycles. The molecule has 5 heteroatoms. The van der Waals surface area contributed by atoms with Gasteiger partial charge in [-0.15, -0.1) is 0 Å². The van der Waals surface area contributed by atoms with Crippen LogP contribution in [-0.2, 0) is 0 Å². The highest BCUT2D eigenvalue weighted by Crippen LogP contribution is 2.25. The zero-order valence-corrected chi connectivity index (χ0v) is 11.7. The van der Waals surface area contributed by atoms with Crippen molar-refractivity contribution in [3.63, 3.8) is 0 Å². The molecule has 3 aromatic rings. The number of hydrogen-bond acceptors (Lipinski definition) is 4. The van der Waals surface area contributed by atoms with Gasteiger partial charge in [0.15, 0.2) is 5.65 Å². The van der Waals surface area contributed by atoms with E-state index in [1.165, 1.54) is 18.5 Å². The summed E-state index contributed by atoms with van der Waals surface area (Å²) in [5, 5.41) is 8.21. The van der Waals surface area contributed by atoms with Crippen molar-refractivity contribution < 1.29 is 0 Å². The van der Waals surface area contributed by atoms with E-state index in [1.54, 1.807) is 6.20 Å². The maximum Gasteiger partial charge on any atom is 0.155 e. The highest BCUT2D eigenvalue weighted by atomic mass is 15.3. The third-order valence-corrected chi connectivity index (χ3v) is 4.06. The van der Waals surface area contributed by atoms with Gasteiger partial charge in [0, 0.05) is 42.7 Å².